The number of unbranched alkanes of at least 4 members (excludes halogenated alkanes) is 15. The van der Waals surface area contributed by atoms with Crippen molar-refractivity contribution in [2.24, 2.45) is 0 Å². The van der Waals surface area contributed by atoms with Crippen molar-refractivity contribution in [2.75, 3.05) is 13.2 Å². The molecule has 1 aliphatic heterocycles. The molecule has 6 unspecified atom stereocenters. The van der Waals surface area contributed by atoms with E-state index in [4.69, 9.17) is 23.7 Å². The van der Waals surface area contributed by atoms with Crippen LogP contribution >= 0.6 is 0 Å². The van der Waals surface area contributed by atoms with E-state index in [1.54, 1.807) is 0 Å². The number of hydrogen-bond donors (Lipinski definition) is 3. The van der Waals surface area contributed by atoms with Crippen molar-refractivity contribution in [3.63, 3.8) is 0 Å². The molecular weight excluding hydrogens is 1020 g/mol. The minimum absolute atomic E-state index is 0.0291. The van der Waals surface area contributed by atoms with Gasteiger partial charge < -0.3 is 39.0 Å². The summed E-state index contributed by atoms with van der Waals surface area (Å²) >= 11 is 0. The summed E-state index contributed by atoms with van der Waals surface area (Å²) in [4.78, 5) is 51.2. The fraction of sp³-hybridized carbons (Fsp3) is 0.623. The van der Waals surface area contributed by atoms with Crippen LogP contribution in [0.4, 0.5) is 0 Å². The van der Waals surface area contributed by atoms with Crippen LogP contribution in [-0.4, -0.2) is 89.2 Å². The lowest BCUT2D eigenvalue weighted by Gasteiger charge is -2.40. The quantitative estimate of drug-likeness (QED) is 0.0228. The third-order valence-electron chi connectivity index (χ3n) is 13.2. The highest BCUT2D eigenvalue weighted by molar-refractivity contribution is 5.74. The predicted octanol–water partition coefficient (Wildman–Crippen LogP) is 16.6. The minimum Gasteiger partial charge on any atom is -0.479 e. The number of hydrogen-bond acceptors (Lipinski definition) is 11. The molecule has 0 saturated carbocycles. The first kappa shape index (κ1) is 73.9. The Morgan fingerprint density at radius 1 is 0.420 bits per heavy atom. The average molecular weight is 1130 g/mol. The molecule has 1 heterocycles. The Balaban J connectivity index is 2.73. The molecule has 0 aromatic carbocycles. The van der Waals surface area contributed by atoms with Crippen LogP contribution in [0.15, 0.2) is 134 Å². The molecule has 1 saturated heterocycles. The Morgan fingerprint density at radius 2 is 0.802 bits per heavy atom. The van der Waals surface area contributed by atoms with Crippen molar-refractivity contribution >= 4 is 23.9 Å². The van der Waals surface area contributed by atoms with Gasteiger partial charge in [0.1, 0.15) is 18.8 Å². The van der Waals surface area contributed by atoms with Gasteiger partial charge in [0.2, 0.25) is 0 Å². The smallest absolute Gasteiger partial charge is 0.335 e. The summed E-state index contributed by atoms with van der Waals surface area (Å²) in [6, 6.07) is 0. The van der Waals surface area contributed by atoms with E-state index in [1.807, 2.05) is 12.2 Å². The van der Waals surface area contributed by atoms with Gasteiger partial charge in [0.25, 0.3) is 0 Å². The number of carbonyl (C=O) groups excluding carboxylic acids is 3. The lowest BCUT2D eigenvalue weighted by atomic mass is 9.98. The van der Waals surface area contributed by atoms with Crippen molar-refractivity contribution in [2.45, 2.75) is 263 Å². The van der Waals surface area contributed by atoms with E-state index >= 15 is 0 Å². The monoisotopic (exact) mass is 1130 g/mol. The molecule has 0 aromatic heterocycles. The fourth-order valence-electron chi connectivity index (χ4n) is 8.50. The van der Waals surface area contributed by atoms with Gasteiger partial charge >= 0.3 is 23.9 Å². The molecule has 6 atom stereocenters. The molecule has 0 radical (unpaired) electrons. The van der Waals surface area contributed by atoms with E-state index in [0.29, 0.717) is 19.3 Å². The molecule has 12 heteroatoms. The van der Waals surface area contributed by atoms with Crippen molar-refractivity contribution in [1.82, 2.24) is 0 Å². The van der Waals surface area contributed by atoms with Gasteiger partial charge in [-0.15, -0.1) is 0 Å². The highest BCUT2D eigenvalue weighted by Crippen LogP contribution is 2.26. The van der Waals surface area contributed by atoms with Crippen LogP contribution in [0.2, 0.25) is 0 Å². The van der Waals surface area contributed by atoms with Gasteiger partial charge in [0, 0.05) is 19.3 Å². The lowest BCUT2D eigenvalue weighted by Crippen LogP contribution is -2.61. The van der Waals surface area contributed by atoms with Crippen molar-refractivity contribution in [1.29, 1.82) is 0 Å². The van der Waals surface area contributed by atoms with Crippen molar-refractivity contribution in [3.8, 4) is 0 Å². The van der Waals surface area contributed by atoms with Crippen LogP contribution in [0.1, 0.15) is 226 Å². The van der Waals surface area contributed by atoms with Gasteiger partial charge in [0.05, 0.1) is 6.61 Å². The number of aliphatic hydroxyl groups excluding tert-OH is 2. The molecule has 81 heavy (non-hydrogen) atoms. The molecule has 1 fully saturated rings. The Kier molecular flexibility index (Phi) is 50.5. The maximum atomic E-state index is 13.2. The fourth-order valence-corrected chi connectivity index (χ4v) is 8.50. The van der Waals surface area contributed by atoms with Gasteiger partial charge in [0.15, 0.2) is 24.6 Å². The van der Waals surface area contributed by atoms with Gasteiger partial charge in [-0.2, -0.15) is 0 Å². The van der Waals surface area contributed by atoms with Crippen LogP contribution in [-0.2, 0) is 42.9 Å². The summed E-state index contributed by atoms with van der Waals surface area (Å²) in [7, 11) is 0. The summed E-state index contributed by atoms with van der Waals surface area (Å²) in [6.07, 6.45) is 65.6. The predicted molar refractivity (Wildman–Crippen MR) is 330 cm³/mol. The summed E-state index contributed by atoms with van der Waals surface area (Å²) in [5.41, 5.74) is 0. The maximum Gasteiger partial charge on any atom is 0.335 e. The van der Waals surface area contributed by atoms with E-state index in [-0.39, 0.29) is 25.9 Å². The first-order valence-electron chi connectivity index (χ1n) is 31.2. The molecular formula is C69H108O12. The Labute approximate surface area is 490 Å². The Morgan fingerprint density at radius 3 is 1.25 bits per heavy atom. The van der Waals surface area contributed by atoms with Crippen molar-refractivity contribution in [3.05, 3.63) is 134 Å². The molecule has 0 aromatic rings. The lowest BCUT2D eigenvalue weighted by molar-refractivity contribution is -0.301. The molecule has 12 nitrogen and oxygen atoms in total. The van der Waals surface area contributed by atoms with Crippen molar-refractivity contribution < 1.29 is 58.2 Å². The van der Waals surface area contributed by atoms with Crippen LogP contribution in [0.3, 0.4) is 0 Å². The number of esters is 3. The Bertz CT molecular complexity index is 1920. The van der Waals surface area contributed by atoms with E-state index in [9.17, 15) is 34.5 Å². The summed E-state index contributed by atoms with van der Waals surface area (Å²) < 4.78 is 28.4. The van der Waals surface area contributed by atoms with Gasteiger partial charge in [-0.3, -0.25) is 14.4 Å². The second-order valence-electron chi connectivity index (χ2n) is 20.6. The third kappa shape index (κ3) is 45.1. The summed E-state index contributed by atoms with van der Waals surface area (Å²) in [5, 5.41) is 31.5. The molecule has 0 aliphatic carbocycles. The van der Waals surface area contributed by atoms with Crippen LogP contribution in [0.5, 0.6) is 0 Å². The number of aliphatic carboxylic acids is 1. The van der Waals surface area contributed by atoms with E-state index in [1.165, 1.54) is 25.7 Å². The first-order valence-corrected chi connectivity index (χ1v) is 31.2. The number of carbonyl (C=O) groups is 4. The maximum absolute atomic E-state index is 13.2. The number of carboxylic acids is 1. The minimum atomic E-state index is -1.93. The molecule has 1 aliphatic rings. The van der Waals surface area contributed by atoms with Crippen LogP contribution in [0.25, 0.3) is 0 Å². The number of allylic oxidation sites excluding steroid dienone is 22. The summed E-state index contributed by atoms with van der Waals surface area (Å²) in [6.45, 7) is 5.67. The number of carboxylic acid groups (broad SMARTS) is 1. The molecule has 0 amide bonds. The SMILES string of the molecule is CC/C=C\C/C=C\C/C=C\C/C=C\C/C=C\C/C=C\CCC(=O)OCC(COC1OC(C(=O)O)C(O)C(O)C1OC(=O)CCCCCCCC/C=C\C/C=C\C/C=C\C/C=C\CC)OC(=O)CCCCCCC/C=C\CCCCCC. The standard InChI is InChI=1S/C69H108O12/c1-4-7-10-13-16-19-22-25-27-29-31-33-35-38-40-43-46-49-52-55-61(70)77-58-60(79-62(71)56-53-50-47-44-41-37-24-21-18-15-12-9-6-3)59-78-69-67(65(74)64(73)66(81-69)68(75)76)80-63(72)57-54-51-48-45-42-39-36-34-32-30-28-26-23-20-17-14-11-8-5-2/h7-8,10-11,16-17,19-21,24-28,31-34,38,40,46,49,60,64-67,69,73-74H,4-6,9,12-15,18,22-23,29-30,35-37,39,41-45,47-48,50-59H2,1-3H3,(H,75,76)/b10-7-,11-8-,19-16-,20-17-,24-21-,27-25-,28-26-,33-31-,34-32-,40-38-,49-46-. The highest BCUT2D eigenvalue weighted by atomic mass is 16.7. The number of ether oxygens (including phenoxy) is 5. The van der Waals surface area contributed by atoms with Gasteiger partial charge in [-0.05, 0) is 122 Å². The number of rotatable bonds is 51. The van der Waals surface area contributed by atoms with Crippen LogP contribution in [0, 0.1) is 0 Å². The molecule has 456 valence electrons. The average Bonchev–Trinajstić information content (AvgIpc) is 3.45. The summed E-state index contributed by atoms with van der Waals surface area (Å²) in [5.74, 6) is -3.28. The highest BCUT2D eigenvalue weighted by Gasteiger charge is 2.50. The topological polar surface area (TPSA) is 175 Å². The first-order chi connectivity index (χ1) is 39.6. The van der Waals surface area contributed by atoms with E-state index in [2.05, 4.69) is 142 Å². The third-order valence-corrected chi connectivity index (χ3v) is 13.2. The number of aliphatic hydroxyl groups is 2. The zero-order valence-electron chi connectivity index (χ0n) is 50.2. The van der Waals surface area contributed by atoms with Gasteiger partial charge in [-0.25, -0.2) is 4.79 Å². The molecule has 3 N–H and O–H groups in total. The Hall–Kier alpha value is -5.14. The largest absolute Gasteiger partial charge is 0.479 e. The van der Waals surface area contributed by atoms with E-state index < -0.39 is 67.3 Å². The molecule has 0 spiro atoms. The van der Waals surface area contributed by atoms with Crippen LogP contribution < -0.4 is 0 Å². The molecule has 0 bridgehead atoms. The normalized spacial score (nSPS) is 18.7. The van der Waals surface area contributed by atoms with E-state index in [0.717, 1.165) is 141 Å². The second-order valence-corrected chi connectivity index (χ2v) is 20.6. The zero-order chi connectivity index (χ0) is 58.9. The zero-order valence-corrected chi connectivity index (χ0v) is 50.2. The second kappa shape index (κ2) is 55.4. The molecule has 1 rings (SSSR count). The van der Waals surface area contributed by atoms with Gasteiger partial charge in [-0.1, -0.05) is 219 Å².